The summed E-state index contributed by atoms with van der Waals surface area (Å²) in [5.41, 5.74) is 1.65. The fraction of sp³-hybridized carbons (Fsp3) is 0. The van der Waals surface area contributed by atoms with Crippen LogP contribution in [0.5, 0.6) is 0 Å². The number of nitriles is 1. The lowest BCUT2D eigenvalue weighted by Crippen LogP contribution is -1.87. The van der Waals surface area contributed by atoms with Crippen LogP contribution >= 0.6 is 34.8 Å². The molecule has 2 aromatic rings. The van der Waals surface area contributed by atoms with Gasteiger partial charge in [-0.1, -0.05) is 34.8 Å². The zero-order chi connectivity index (χ0) is 12.4. The molecule has 2 rings (SSSR count). The maximum absolute atomic E-state index is 8.73. The maximum atomic E-state index is 8.73. The predicted octanol–water partition coefficient (Wildman–Crippen LogP) is 4.58. The summed E-state index contributed by atoms with van der Waals surface area (Å²) in [6.45, 7) is 0. The molecule has 2 nitrogen and oxygen atoms in total. The van der Waals surface area contributed by atoms with Crippen molar-refractivity contribution in [1.29, 1.82) is 5.26 Å². The lowest BCUT2D eigenvalue weighted by molar-refractivity contribution is 1.26. The molecule has 0 aliphatic heterocycles. The molecule has 0 unspecified atom stereocenters. The van der Waals surface area contributed by atoms with Crippen LogP contribution in [0, 0.1) is 11.3 Å². The van der Waals surface area contributed by atoms with Gasteiger partial charge >= 0.3 is 0 Å². The summed E-state index contributed by atoms with van der Waals surface area (Å²) in [5, 5.41) is 10.2. The van der Waals surface area contributed by atoms with Gasteiger partial charge in [-0.05, 0) is 24.3 Å². The monoisotopic (exact) mass is 282 g/mol. The largest absolute Gasteiger partial charge is 0.243 e. The first-order chi connectivity index (χ1) is 8.11. The zero-order valence-corrected chi connectivity index (χ0v) is 10.7. The minimum Gasteiger partial charge on any atom is -0.243 e. The molecule has 0 saturated carbocycles. The van der Waals surface area contributed by atoms with Gasteiger partial charge in [-0.2, -0.15) is 5.26 Å². The number of nitrogens with zero attached hydrogens (tertiary/aromatic N) is 2. The van der Waals surface area contributed by atoms with Crippen molar-refractivity contribution in [3.05, 3.63) is 51.2 Å². The summed E-state index contributed by atoms with van der Waals surface area (Å²) in [6, 6.07) is 8.67. The summed E-state index contributed by atoms with van der Waals surface area (Å²) in [4.78, 5) is 3.95. The van der Waals surface area contributed by atoms with E-state index in [9.17, 15) is 0 Å². The molecule has 1 aromatic heterocycles. The number of pyridine rings is 1. The molecular weight excluding hydrogens is 279 g/mol. The van der Waals surface area contributed by atoms with Crippen molar-refractivity contribution in [2.45, 2.75) is 0 Å². The van der Waals surface area contributed by atoms with Gasteiger partial charge in [0.05, 0.1) is 5.02 Å². The van der Waals surface area contributed by atoms with Crippen molar-refractivity contribution in [1.82, 2.24) is 4.98 Å². The molecule has 0 N–H and O–H groups in total. The van der Waals surface area contributed by atoms with Gasteiger partial charge in [0.2, 0.25) is 0 Å². The first kappa shape index (κ1) is 12.2. The number of hydrogen-bond donors (Lipinski definition) is 0. The first-order valence-corrected chi connectivity index (χ1v) is 5.76. The molecule has 0 aliphatic rings. The summed E-state index contributed by atoms with van der Waals surface area (Å²) in [7, 11) is 0. The number of rotatable bonds is 1. The first-order valence-electron chi connectivity index (χ1n) is 4.63. The maximum Gasteiger partial charge on any atom is 0.159 e. The van der Waals surface area contributed by atoms with Crippen LogP contribution < -0.4 is 0 Å². The van der Waals surface area contributed by atoms with E-state index in [2.05, 4.69) is 4.98 Å². The average Bonchev–Trinajstić information content (AvgIpc) is 2.32. The van der Waals surface area contributed by atoms with Crippen molar-refractivity contribution in [2.75, 3.05) is 0 Å². The van der Waals surface area contributed by atoms with Gasteiger partial charge in [0, 0.05) is 27.4 Å². The molecule has 17 heavy (non-hydrogen) atoms. The summed E-state index contributed by atoms with van der Waals surface area (Å²) in [5.74, 6) is 0. The highest BCUT2D eigenvalue weighted by molar-refractivity contribution is 6.35. The highest BCUT2D eigenvalue weighted by atomic mass is 35.5. The third-order valence-electron chi connectivity index (χ3n) is 2.19. The molecule has 0 bridgehead atoms. The van der Waals surface area contributed by atoms with E-state index in [1.165, 1.54) is 0 Å². The summed E-state index contributed by atoms with van der Waals surface area (Å²) < 4.78 is 0. The van der Waals surface area contributed by atoms with Crippen LogP contribution in [-0.4, -0.2) is 4.98 Å². The topological polar surface area (TPSA) is 36.7 Å². The van der Waals surface area contributed by atoms with E-state index in [0.717, 1.165) is 11.1 Å². The Bertz CT molecular complexity index is 618. The van der Waals surface area contributed by atoms with E-state index in [1.807, 2.05) is 6.07 Å². The van der Waals surface area contributed by atoms with Crippen LogP contribution in [0.3, 0.4) is 0 Å². The molecule has 0 amide bonds. The zero-order valence-electron chi connectivity index (χ0n) is 8.42. The molecule has 1 heterocycles. The highest BCUT2D eigenvalue weighted by Crippen LogP contribution is 2.31. The van der Waals surface area contributed by atoms with E-state index < -0.39 is 0 Å². The normalized spacial score (nSPS) is 10.0. The molecule has 5 heteroatoms. The Labute approximate surface area is 113 Å². The van der Waals surface area contributed by atoms with Crippen molar-refractivity contribution < 1.29 is 0 Å². The van der Waals surface area contributed by atoms with E-state index in [4.69, 9.17) is 40.1 Å². The van der Waals surface area contributed by atoms with Crippen molar-refractivity contribution in [3.63, 3.8) is 0 Å². The lowest BCUT2D eigenvalue weighted by Gasteiger charge is -2.05. The Hall–Kier alpha value is -1.27. The van der Waals surface area contributed by atoms with Gasteiger partial charge in [-0.3, -0.25) is 0 Å². The minimum absolute atomic E-state index is 0.188. The lowest BCUT2D eigenvalue weighted by atomic mass is 10.1. The van der Waals surface area contributed by atoms with E-state index in [-0.39, 0.29) is 5.69 Å². The SMILES string of the molecule is N#Cc1ncc(-c2cc(Cl)ccc2Cl)cc1Cl. The quantitative estimate of drug-likeness (QED) is 0.768. The summed E-state index contributed by atoms with van der Waals surface area (Å²) >= 11 is 17.9. The van der Waals surface area contributed by atoms with Crippen LogP contribution in [0.1, 0.15) is 5.69 Å². The van der Waals surface area contributed by atoms with Crippen LogP contribution in [0.15, 0.2) is 30.5 Å². The fourth-order valence-electron chi connectivity index (χ4n) is 1.39. The molecule has 0 radical (unpaired) electrons. The van der Waals surface area contributed by atoms with Gasteiger partial charge in [0.1, 0.15) is 6.07 Å². The second-order valence-corrected chi connectivity index (χ2v) is 4.54. The van der Waals surface area contributed by atoms with E-state index >= 15 is 0 Å². The summed E-state index contributed by atoms with van der Waals surface area (Å²) in [6.07, 6.45) is 1.54. The van der Waals surface area contributed by atoms with Crippen molar-refractivity contribution in [2.24, 2.45) is 0 Å². The Kier molecular flexibility index (Phi) is 3.54. The molecular formula is C12H5Cl3N2. The Morgan fingerprint density at radius 1 is 1.06 bits per heavy atom. The fourth-order valence-corrected chi connectivity index (χ4v) is 1.99. The van der Waals surface area contributed by atoms with Crippen LogP contribution in [0.25, 0.3) is 11.1 Å². The third-order valence-corrected chi connectivity index (χ3v) is 3.04. The Balaban J connectivity index is 2.58. The smallest absolute Gasteiger partial charge is 0.159 e. The van der Waals surface area contributed by atoms with Gasteiger partial charge in [-0.15, -0.1) is 0 Å². The number of hydrogen-bond acceptors (Lipinski definition) is 2. The standard InChI is InChI=1S/C12H5Cl3N2/c13-8-1-2-10(14)9(4-8)7-3-11(15)12(5-16)17-6-7/h1-4,6H. The second-order valence-electron chi connectivity index (χ2n) is 3.29. The van der Waals surface area contributed by atoms with Gasteiger partial charge in [0.15, 0.2) is 5.69 Å². The van der Waals surface area contributed by atoms with Crippen LogP contribution in [0.2, 0.25) is 15.1 Å². The van der Waals surface area contributed by atoms with Crippen LogP contribution in [-0.2, 0) is 0 Å². The van der Waals surface area contributed by atoms with Crippen LogP contribution in [0.4, 0.5) is 0 Å². The van der Waals surface area contributed by atoms with E-state index in [1.54, 1.807) is 30.5 Å². The van der Waals surface area contributed by atoms with Gasteiger partial charge in [0.25, 0.3) is 0 Å². The molecule has 0 atom stereocenters. The number of benzene rings is 1. The highest BCUT2D eigenvalue weighted by Gasteiger charge is 2.08. The average molecular weight is 284 g/mol. The molecule has 1 aromatic carbocycles. The molecule has 0 fully saturated rings. The second kappa shape index (κ2) is 4.93. The van der Waals surface area contributed by atoms with Crippen molar-refractivity contribution in [3.8, 4) is 17.2 Å². The van der Waals surface area contributed by atoms with Gasteiger partial charge in [-0.25, -0.2) is 4.98 Å². The minimum atomic E-state index is 0.188. The molecule has 0 saturated heterocycles. The van der Waals surface area contributed by atoms with Gasteiger partial charge < -0.3 is 0 Å². The predicted molar refractivity (Wildman–Crippen MR) is 69.4 cm³/mol. The number of halogens is 3. The van der Waals surface area contributed by atoms with E-state index in [0.29, 0.717) is 15.1 Å². The Morgan fingerprint density at radius 3 is 2.47 bits per heavy atom. The number of aromatic nitrogens is 1. The molecule has 84 valence electrons. The third kappa shape index (κ3) is 2.53. The van der Waals surface area contributed by atoms with Crippen molar-refractivity contribution >= 4 is 34.8 Å². The molecule has 0 aliphatic carbocycles. The Morgan fingerprint density at radius 2 is 1.82 bits per heavy atom. The molecule has 0 spiro atoms.